The van der Waals surface area contributed by atoms with Gasteiger partial charge in [-0.3, -0.25) is 14.4 Å². The van der Waals surface area contributed by atoms with Crippen LogP contribution >= 0.6 is 0 Å². The van der Waals surface area contributed by atoms with Crippen molar-refractivity contribution in [1.29, 1.82) is 5.26 Å². The van der Waals surface area contributed by atoms with Crippen molar-refractivity contribution in [1.82, 2.24) is 20.9 Å². The fourth-order valence-electron chi connectivity index (χ4n) is 6.27. The first-order chi connectivity index (χ1) is 16.0. The molecule has 34 heavy (non-hydrogen) atoms. The SMILES string of the molecule is CC(C)(C)C(NC(=O)O)C(=O)N1C[C@H]2[C@@H]([C@H]1C(=O)NC(C#N)C[C@@H]1CCNC1=O)[C@H]1C=C[C@@H]2C1. The van der Waals surface area contributed by atoms with E-state index in [0.29, 0.717) is 19.5 Å². The van der Waals surface area contributed by atoms with Gasteiger partial charge in [0.25, 0.3) is 0 Å². The van der Waals surface area contributed by atoms with Crippen LogP contribution in [0.25, 0.3) is 0 Å². The number of likely N-dealkylation sites (tertiary alicyclic amines) is 1. The summed E-state index contributed by atoms with van der Waals surface area (Å²) in [6.45, 7) is 6.27. The zero-order valence-electron chi connectivity index (χ0n) is 19.8. The summed E-state index contributed by atoms with van der Waals surface area (Å²) in [5.74, 6) is -0.752. The predicted molar refractivity (Wildman–Crippen MR) is 121 cm³/mol. The van der Waals surface area contributed by atoms with Gasteiger partial charge in [0.05, 0.1) is 6.07 Å². The first-order valence-corrected chi connectivity index (χ1v) is 12.0. The molecule has 4 rings (SSSR count). The zero-order valence-corrected chi connectivity index (χ0v) is 19.8. The number of hydrogen-bond acceptors (Lipinski definition) is 5. The van der Waals surface area contributed by atoms with Crippen LogP contribution in [-0.2, 0) is 14.4 Å². The zero-order chi connectivity index (χ0) is 24.8. The van der Waals surface area contributed by atoms with Gasteiger partial charge in [-0.25, -0.2) is 4.79 Å². The highest BCUT2D eigenvalue weighted by molar-refractivity contribution is 5.93. The predicted octanol–water partition coefficient (Wildman–Crippen LogP) is 0.852. The average molecular weight is 472 g/mol. The van der Waals surface area contributed by atoms with E-state index in [4.69, 9.17) is 0 Å². The Morgan fingerprint density at radius 1 is 1.26 bits per heavy atom. The van der Waals surface area contributed by atoms with Gasteiger partial charge in [-0.2, -0.15) is 5.26 Å². The highest BCUT2D eigenvalue weighted by Gasteiger charge is 2.59. The molecule has 0 aromatic rings. The minimum absolute atomic E-state index is 0.0708. The molecule has 2 aliphatic carbocycles. The highest BCUT2D eigenvalue weighted by Crippen LogP contribution is 2.54. The van der Waals surface area contributed by atoms with Gasteiger partial charge in [0.2, 0.25) is 17.7 Å². The fourth-order valence-corrected chi connectivity index (χ4v) is 6.27. The number of nitrogens with zero attached hydrogens (tertiary/aromatic N) is 2. The number of carboxylic acid groups (broad SMARTS) is 1. The maximum absolute atomic E-state index is 13.7. The summed E-state index contributed by atoms with van der Waals surface area (Å²) in [5.41, 5.74) is -0.698. The lowest BCUT2D eigenvalue weighted by Gasteiger charge is -2.36. The van der Waals surface area contributed by atoms with Crippen molar-refractivity contribution in [3.05, 3.63) is 12.2 Å². The molecule has 2 bridgehead atoms. The topological polar surface area (TPSA) is 152 Å². The second kappa shape index (κ2) is 8.93. The summed E-state index contributed by atoms with van der Waals surface area (Å²) in [6, 6.07) is -0.551. The second-order valence-corrected chi connectivity index (χ2v) is 11.1. The smallest absolute Gasteiger partial charge is 0.405 e. The number of carbonyl (C=O) groups excluding carboxylic acids is 3. The van der Waals surface area contributed by atoms with E-state index >= 15 is 0 Å². The van der Waals surface area contributed by atoms with E-state index in [-0.39, 0.29) is 41.9 Å². The van der Waals surface area contributed by atoms with Gasteiger partial charge in [0.15, 0.2) is 0 Å². The quantitative estimate of drug-likeness (QED) is 0.422. The van der Waals surface area contributed by atoms with E-state index < -0.39 is 41.4 Å². The van der Waals surface area contributed by atoms with Crippen molar-refractivity contribution in [3.63, 3.8) is 0 Å². The molecule has 2 heterocycles. The van der Waals surface area contributed by atoms with Crippen LogP contribution in [0, 0.1) is 46.3 Å². The van der Waals surface area contributed by atoms with Gasteiger partial charge in [-0.05, 0) is 48.3 Å². The van der Waals surface area contributed by atoms with Gasteiger partial charge < -0.3 is 26.0 Å². The Morgan fingerprint density at radius 2 is 1.97 bits per heavy atom. The van der Waals surface area contributed by atoms with E-state index in [1.807, 2.05) is 0 Å². The number of allylic oxidation sites excluding steroid dienone is 2. The molecular formula is C24H33N5O5. The summed E-state index contributed by atoms with van der Waals surface area (Å²) in [5, 5.41) is 26.9. The van der Waals surface area contributed by atoms with Crippen LogP contribution in [0.5, 0.6) is 0 Å². The standard InChI is InChI=1S/C24H33N5O5/c1-24(2,3)19(28-23(33)34)22(32)29-11-16-12-4-5-13(8-12)17(16)18(29)21(31)27-15(10-25)9-14-6-7-26-20(14)30/h4-5,12-19,28H,6-9,11H2,1-3H3,(H,26,30)(H,27,31)(H,33,34)/t12-,13+,14+,15?,16-,17+,18+,19?/m1/s1. The van der Waals surface area contributed by atoms with Crippen LogP contribution in [0.15, 0.2) is 12.2 Å². The van der Waals surface area contributed by atoms with Crippen LogP contribution in [-0.4, -0.2) is 65.0 Å². The molecule has 10 heteroatoms. The number of fused-ring (bicyclic) bond motifs is 5. The molecular weight excluding hydrogens is 438 g/mol. The van der Waals surface area contributed by atoms with Gasteiger partial charge in [-0.15, -0.1) is 0 Å². The molecule has 4 aliphatic rings. The Bertz CT molecular complexity index is 950. The maximum atomic E-state index is 13.7. The van der Waals surface area contributed by atoms with Crippen LogP contribution in [0.3, 0.4) is 0 Å². The van der Waals surface area contributed by atoms with Gasteiger partial charge in [-0.1, -0.05) is 32.9 Å². The summed E-state index contributed by atoms with van der Waals surface area (Å²) in [6.07, 6.45) is 4.76. The van der Waals surface area contributed by atoms with E-state index in [1.165, 1.54) is 4.90 Å². The van der Waals surface area contributed by atoms with Crippen LogP contribution in [0.4, 0.5) is 4.79 Å². The first-order valence-electron chi connectivity index (χ1n) is 12.0. The molecule has 2 saturated heterocycles. The minimum atomic E-state index is -1.30. The Kier molecular flexibility index (Phi) is 6.32. The van der Waals surface area contributed by atoms with Crippen molar-refractivity contribution in [3.8, 4) is 6.07 Å². The minimum Gasteiger partial charge on any atom is -0.465 e. The molecule has 4 N–H and O–H groups in total. The molecule has 2 unspecified atom stereocenters. The lowest BCUT2D eigenvalue weighted by molar-refractivity contribution is -0.143. The van der Waals surface area contributed by atoms with Gasteiger partial charge in [0, 0.05) is 19.0 Å². The van der Waals surface area contributed by atoms with Crippen molar-refractivity contribution < 1.29 is 24.3 Å². The molecule has 4 amide bonds. The molecule has 184 valence electrons. The van der Waals surface area contributed by atoms with Crippen molar-refractivity contribution >= 4 is 23.8 Å². The molecule has 1 saturated carbocycles. The number of rotatable bonds is 6. The molecule has 0 aromatic heterocycles. The summed E-state index contributed by atoms with van der Waals surface area (Å²) in [7, 11) is 0. The number of nitriles is 1. The molecule has 0 spiro atoms. The van der Waals surface area contributed by atoms with Crippen LogP contribution in [0.1, 0.15) is 40.0 Å². The molecule has 0 radical (unpaired) electrons. The highest BCUT2D eigenvalue weighted by atomic mass is 16.4. The van der Waals surface area contributed by atoms with Crippen molar-refractivity contribution in [2.45, 2.75) is 58.2 Å². The molecule has 10 nitrogen and oxygen atoms in total. The number of hydrogen-bond donors (Lipinski definition) is 4. The number of nitrogens with one attached hydrogen (secondary N) is 3. The summed E-state index contributed by atoms with van der Waals surface area (Å²) < 4.78 is 0. The average Bonchev–Trinajstić information content (AvgIpc) is 3.52. The molecule has 0 aromatic carbocycles. The Hall–Kier alpha value is -3.09. The third-order valence-electron chi connectivity index (χ3n) is 7.88. The normalized spacial score (nSPS) is 33.1. The number of amides is 4. The van der Waals surface area contributed by atoms with E-state index in [2.05, 4.69) is 34.2 Å². The monoisotopic (exact) mass is 471 g/mol. The van der Waals surface area contributed by atoms with Crippen LogP contribution in [0.2, 0.25) is 0 Å². The molecule has 3 fully saturated rings. The Labute approximate surface area is 199 Å². The molecule has 2 aliphatic heterocycles. The lowest BCUT2D eigenvalue weighted by Crippen LogP contribution is -2.59. The molecule has 8 atom stereocenters. The van der Waals surface area contributed by atoms with E-state index in [1.54, 1.807) is 20.8 Å². The van der Waals surface area contributed by atoms with Gasteiger partial charge >= 0.3 is 6.09 Å². The number of carbonyl (C=O) groups is 4. The third kappa shape index (κ3) is 4.36. The van der Waals surface area contributed by atoms with Crippen LogP contribution < -0.4 is 16.0 Å². The third-order valence-corrected chi connectivity index (χ3v) is 7.88. The summed E-state index contributed by atoms with van der Waals surface area (Å²) >= 11 is 0. The largest absolute Gasteiger partial charge is 0.465 e. The van der Waals surface area contributed by atoms with Crippen molar-refractivity contribution in [2.24, 2.45) is 35.0 Å². The van der Waals surface area contributed by atoms with Crippen molar-refractivity contribution in [2.75, 3.05) is 13.1 Å². The fraction of sp³-hybridized carbons (Fsp3) is 0.708. The van der Waals surface area contributed by atoms with E-state index in [9.17, 15) is 29.5 Å². The lowest BCUT2D eigenvalue weighted by atomic mass is 9.81. The Balaban J connectivity index is 1.57. The van der Waals surface area contributed by atoms with Gasteiger partial charge in [0.1, 0.15) is 18.1 Å². The first kappa shape index (κ1) is 24.0. The Morgan fingerprint density at radius 3 is 2.56 bits per heavy atom. The second-order valence-electron chi connectivity index (χ2n) is 11.1. The van der Waals surface area contributed by atoms with E-state index in [0.717, 1.165) is 6.42 Å². The maximum Gasteiger partial charge on any atom is 0.405 e. The summed E-state index contributed by atoms with van der Waals surface area (Å²) in [4.78, 5) is 52.2.